The molecule has 0 N–H and O–H groups in total. The van der Waals surface area contributed by atoms with E-state index in [1.165, 1.54) is 50.4 Å². The maximum absolute atomic E-state index is 6.22. The van der Waals surface area contributed by atoms with E-state index in [0.717, 1.165) is 17.9 Å². The molecule has 2 bridgehead atoms. The van der Waals surface area contributed by atoms with E-state index in [-0.39, 0.29) is 0 Å². The van der Waals surface area contributed by atoms with Crippen LogP contribution in [0.5, 0.6) is 0 Å². The van der Waals surface area contributed by atoms with Gasteiger partial charge in [-0.3, -0.25) is 14.6 Å². The second kappa shape index (κ2) is 9.11. The molecule has 4 aliphatic heterocycles. The average Bonchev–Trinajstić information content (AvgIpc) is 2.84. The van der Waals surface area contributed by atoms with Crippen LogP contribution in [0.15, 0.2) is 60.7 Å². The fraction of sp³-hybridized carbons (Fsp3) is 0.478. The zero-order valence-electron chi connectivity index (χ0n) is 17.6. The standard InChI is InChI=1S/C23H32N5O2/c1-3-7-22(8-4-1)17-29-26-19-25(28-14-11-24(12-15-28)13-16-28)20-27(21-26)30-18-23-9-5-2-6-10-23/h1-10H,11-21H2/q+1. The minimum absolute atomic E-state index is 0.578. The highest BCUT2D eigenvalue weighted by Crippen LogP contribution is 2.26. The van der Waals surface area contributed by atoms with Gasteiger partial charge in [-0.25, -0.2) is 4.59 Å². The van der Waals surface area contributed by atoms with Gasteiger partial charge in [-0.1, -0.05) is 60.7 Å². The maximum atomic E-state index is 6.22. The van der Waals surface area contributed by atoms with Crippen LogP contribution >= 0.6 is 0 Å². The first-order valence-electron chi connectivity index (χ1n) is 11.0. The molecule has 4 fully saturated rings. The van der Waals surface area contributed by atoms with Crippen molar-refractivity contribution in [3.63, 3.8) is 0 Å². The van der Waals surface area contributed by atoms with Gasteiger partial charge in [0.05, 0.1) is 13.2 Å². The van der Waals surface area contributed by atoms with Crippen molar-refractivity contribution in [2.45, 2.75) is 13.2 Å². The fourth-order valence-electron chi connectivity index (χ4n) is 4.66. The monoisotopic (exact) mass is 410 g/mol. The van der Waals surface area contributed by atoms with E-state index in [9.17, 15) is 0 Å². The van der Waals surface area contributed by atoms with Crippen molar-refractivity contribution in [2.75, 3.05) is 59.3 Å². The van der Waals surface area contributed by atoms with Crippen LogP contribution in [0.3, 0.4) is 0 Å². The Morgan fingerprint density at radius 1 is 0.633 bits per heavy atom. The fourth-order valence-corrected chi connectivity index (χ4v) is 4.66. The Hall–Kier alpha value is -1.84. The van der Waals surface area contributed by atoms with Gasteiger partial charge in [0.1, 0.15) is 39.6 Å². The predicted molar refractivity (Wildman–Crippen MR) is 114 cm³/mol. The molecule has 7 heteroatoms. The van der Waals surface area contributed by atoms with Gasteiger partial charge < -0.3 is 0 Å². The van der Waals surface area contributed by atoms with Gasteiger partial charge in [-0.05, 0) is 11.1 Å². The molecule has 2 aromatic rings. The van der Waals surface area contributed by atoms with Crippen LogP contribution in [0.4, 0.5) is 0 Å². The Kier molecular flexibility index (Phi) is 6.10. The first kappa shape index (κ1) is 20.1. The summed E-state index contributed by atoms with van der Waals surface area (Å²) < 4.78 is 1.05. The lowest BCUT2D eigenvalue weighted by molar-refractivity contribution is -1.05. The van der Waals surface area contributed by atoms with Crippen LogP contribution in [0.2, 0.25) is 0 Å². The molecule has 0 amide bonds. The van der Waals surface area contributed by atoms with Crippen LogP contribution in [-0.4, -0.2) is 83.9 Å². The molecule has 0 atom stereocenters. The van der Waals surface area contributed by atoms with Gasteiger partial charge in [0.15, 0.2) is 0 Å². The SMILES string of the molecule is c1ccc(CON2CN(OCc3ccccc3)CN([N+]34CCN(CC3)CC4)C2)cc1. The lowest BCUT2D eigenvalue weighted by Crippen LogP contribution is -2.76. The molecule has 0 spiro atoms. The zero-order valence-corrected chi connectivity index (χ0v) is 17.6. The molecule has 4 saturated heterocycles. The summed E-state index contributed by atoms with van der Waals surface area (Å²) >= 11 is 0. The predicted octanol–water partition coefficient (Wildman–Crippen LogP) is 2.10. The van der Waals surface area contributed by atoms with Gasteiger partial charge in [-0.2, -0.15) is 10.1 Å². The van der Waals surface area contributed by atoms with Crippen molar-refractivity contribution < 1.29 is 14.3 Å². The number of piperazine rings is 3. The lowest BCUT2D eigenvalue weighted by atomic mass is 10.2. The molecular weight excluding hydrogens is 378 g/mol. The molecule has 160 valence electrons. The third-order valence-electron chi connectivity index (χ3n) is 6.57. The molecule has 0 aromatic heterocycles. The highest BCUT2D eigenvalue weighted by atomic mass is 16.7. The maximum Gasteiger partial charge on any atom is 0.126 e. The largest absolute Gasteiger partial charge is 0.291 e. The molecule has 6 rings (SSSR count). The van der Waals surface area contributed by atoms with Crippen molar-refractivity contribution in [1.29, 1.82) is 0 Å². The third-order valence-corrected chi connectivity index (χ3v) is 6.57. The molecule has 4 aliphatic rings. The lowest BCUT2D eigenvalue weighted by Gasteiger charge is -2.56. The molecule has 0 radical (unpaired) electrons. The van der Waals surface area contributed by atoms with Gasteiger partial charge in [0.25, 0.3) is 0 Å². The number of hydrogen-bond acceptors (Lipinski definition) is 6. The van der Waals surface area contributed by atoms with Crippen LogP contribution in [0, 0.1) is 0 Å². The van der Waals surface area contributed by atoms with Gasteiger partial charge in [0, 0.05) is 19.6 Å². The van der Waals surface area contributed by atoms with E-state index < -0.39 is 0 Å². The van der Waals surface area contributed by atoms with Gasteiger partial charge in [0.2, 0.25) is 0 Å². The van der Waals surface area contributed by atoms with E-state index in [1.54, 1.807) is 0 Å². The van der Waals surface area contributed by atoms with Gasteiger partial charge >= 0.3 is 0 Å². The first-order valence-corrected chi connectivity index (χ1v) is 11.0. The van der Waals surface area contributed by atoms with E-state index in [4.69, 9.17) is 9.68 Å². The molecule has 2 aromatic carbocycles. The zero-order chi connectivity index (χ0) is 20.2. The summed E-state index contributed by atoms with van der Waals surface area (Å²) in [5, 5.41) is 6.64. The smallest absolute Gasteiger partial charge is 0.126 e. The Balaban J connectivity index is 1.26. The summed E-state index contributed by atoms with van der Waals surface area (Å²) in [6, 6.07) is 20.7. The topological polar surface area (TPSA) is 31.4 Å². The summed E-state index contributed by atoms with van der Waals surface area (Å²) in [6.07, 6.45) is 0. The Bertz CT molecular complexity index is 732. The molecule has 0 saturated carbocycles. The molecule has 4 heterocycles. The number of benzene rings is 2. The van der Waals surface area contributed by atoms with Crippen LogP contribution in [0.25, 0.3) is 0 Å². The molecule has 0 unspecified atom stereocenters. The second-order valence-electron chi connectivity index (χ2n) is 8.52. The van der Waals surface area contributed by atoms with E-state index in [1.807, 2.05) is 12.1 Å². The average molecular weight is 411 g/mol. The van der Waals surface area contributed by atoms with E-state index >= 15 is 0 Å². The molecule has 30 heavy (non-hydrogen) atoms. The van der Waals surface area contributed by atoms with Gasteiger partial charge in [-0.15, -0.1) is 5.01 Å². The highest BCUT2D eigenvalue weighted by molar-refractivity contribution is 5.14. The quantitative estimate of drug-likeness (QED) is 0.650. The molecule has 0 aliphatic carbocycles. The van der Waals surface area contributed by atoms with Crippen molar-refractivity contribution in [1.82, 2.24) is 20.0 Å². The summed E-state index contributed by atoms with van der Waals surface area (Å²) in [5.41, 5.74) is 2.37. The van der Waals surface area contributed by atoms with E-state index in [2.05, 4.69) is 68.6 Å². The number of quaternary nitrogens is 1. The minimum atomic E-state index is 0.578. The molecular formula is C23H32N5O2+. The minimum Gasteiger partial charge on any atom is -0.291 e. The summed E-state index contributed by atoms with van der Waals surface area (Å²) in [5.74, 6) is 0. The summed E-state index contributed by atoms with van der Waals surface area (Å²) in [4.78, 5) is 15.0. The molecule has 7 nitrogen and oxygen atoms in total. The van der Waals surface area contributed by atoms with Crippen LogP contribution in [0.1, 0.15) is 11.1 Å². The number of rotatable bonds is 7. The summed E-state index contributed by atoms with van der Waals surface area (Å²) in [6.45, 7) is 10.5. The normalized spacial score (nSPS) is 28.1. The van der Waals surface area contributed by atoms with Crippen molar-refractivity contribution >= 4 is 0 Å². The third kappa shape index (κ3) is 4.58. The first-order chi connectivity index (χ1) is 14.8. The number of fused-ring (bicyclic) bond motifs is 3. The summed E-state index contributed by atoms with van der Waals surface area (Å²) in [7, 11) is 0. The van der Waals surface area contributed by atoms with Crippen molar-refractivity contribution in [3.8, 4) is 0 Å². The highest BCUT2D eigenvalue weighted by Gasteiger charge is 2.46. The Morgan fingerprint density at radius 3 is 1.57 bits per heavy atom. The Morgan fingerprint density at radius 2 is 1.10 bits per heavy atom. The number of hydroxylamine groups is 4. The van der Waals surface area contributed by atoms with Crippen LogP contribution < -0.4 is 0 Å². The second-order valence-corrected chi connectivity index (χ2v) is 8.52. The number of nitrogens with zero attached hydrogens (tertiary/aromatic N) is 5. The number of hydrogen-bond donors (Lipinski definition) is 0. The Labute approximate surface area is 179 Å². The van der Waals surface area contributed by atoms with E-state index in [0.29, 0.717) is 19.9 Å². The van der Waals surface area contributed by atoms with Crippen molar-refractivity contribution in [2.24, 2.45) is 0 Å². The van der Waals surface area contributed by atoms with Crippen LogP contribution in [-0.2, 0) is 22.9 Å². The van der Waals surface area contributed by atoms with Crippen molar-refractivity contribution in [3.05, 3.63) is 71.8 Å².